The molecule has 1 aromatic heterocycles. The van der Waals surface area contributed by atoms with Gasteiger partial charge in [0, 0.05) is 24.3 Å². The standard InChI is InChI=1S/C12H20N4O2S/c1-16(2)12(5-3-6-12)9-15-19(17,18)10-4-7-14-11(13)8-10/h4,7-8,15H,3,5-6,9H2,1-2H3,(H2,13,14). The highest BCUT2D eigenvalue weighted by molar-refractivity contribution is 7.89. The van der Waals surface area contributed by atoms with Gasteiger partial charge in [0.1, 0.15) is 5.82 Å². The lowest BCUT2D eigenvalue weighted by Crippen LogP contribution is -2.57. The van der Waals surface area contributed by atoms with Crippen LogP contribution in [0.2, 0.25) is 0 Å². The molecule has 19 heavy (non-hydrogen) atoms. The normalized spacial score (nSPS) is 18.3. The summed E-state index contributed by atoms with van der Waals surface area (Å²) in [5.74, 6) is 0.203. The van der Waals surface area contributed by atoms with Gasteiger partial charge in [-0.15, -0.1) is 0 Å². The molecule has 1 aliphatic rings. The third-order valence-corrected chi connectivity index (χ3v) is 5.29. The van der Waals surface area contributed by atoms with E-state index in [2.05, 4.69) is 14.6 Å². The van der Waals surface area contributed by atoms with Gasteiger partial charge in [-0.3, -0.25) is 0 Å². The second kappa shape index (κ2) is 5.07. The zero-order valence-corrected chi connectivity index (χ0v) is 12.1. The number of sulfonamides is 1. The van der Waals surface area contributed by atoms with E-state index >= 15 is 0 Å². The molecule has 0 amide bonds. The Kier molecular flexibility index (Phi) is 3.80. The summed E-state index contributed by atoms with van der Waals surface area (Å²) in [6, 6.07) is 2.81. The topological polar surface area (TPSA) is 88.3 Å². The van der Waals surface area contributed by atoms with Gasteiger partial charge >= 0.3 is 0 Å². The van der Waals surface area contributed by atoms with Gasteiger partial charge in [0.05, 0.1) is 4.90 Å². The fourth-order valence-corrected chi connectivity index (χ4v) is 3.42. The number of pyridine rings is 1. The summed E-state index contributed by atoms with van der Waals surface area (Å²) in [5, 5.41) is 0. The molecule has 0 atom stereocenters. The van der Waals surface area contributed by atoms with E-state index in [0.29, 0.717) is 6.54 Å². The number of nitrogens with one attached hydrogen (secondary N) is 1. The lowest BCUT2D eigenvalue weighted by atomic mass is 9.76. The molecule has 1 heterocycles. The van der Waals surface area contributed by atoms with E-state index in [1.54, 1.807) is 0 Å². The highest BCUT2D eigenvalue weighted by atomic mass is 32.2. The van der Waals surface area contributed by atoms with Crippen LogP contribution in [0.15, 0.2) is 23.2 Å². The zero-order valence-electron chi connectivity index (χ0n) is 11.3. The third kappa shape index (κ3) is 2.88. The van der Waals surface area contributed by atoms with E-state index in [4.69, 9.17) is 5.73 Å². The van der Waals surface area contributed by atoms with Gasteiger partial charge in [-0.05, 0) is 39.4 Å². The first-order chi connectivity index (χ1) is 8.86. The molecular formula is C12H20N4O2S. The van der Waals surface area contributed by atoms with Crippen molar-refractivity contribution in [2.45, 2.75) is 29.7 Å². The number of nitrogens with two attached hydrogens (primary N) is 1. The molecule has 0 radical (unpaired) electrons. The second-order valence-electron chi connectivity index (χ2n) is 5.21. The van der Waals surface area contributed by atoms with E-state index in [0.717, 1.165) is 19.3 Å². The number of rotatable bonds is 5. The number of nitrogens with zero attached hydrogens (tertiary/aromatic N) is 2. The number of hydrogen-bond acceptors (Lipinski definition) is 5. The number of aromatic nitrogens is 1. The van der Waals surface area contributed by atoms with Crippen LogP contribution >= 0.6 is 0 Å². The molecule has 7 heteroatoms. The summed E-state index contributed by atoms with van der Waals surface area (Å²) in [7, 11) is 0.446. The van der Waals surface area contributed by atoms with Crippen LogP contribution in [0.1, 0.15) is 19.3 Å². The van der Waals surface area contributed by atoms with Gasteiger partial charge in [0.15, 0.2) is 0 Å². The highest BCUT2D eigenvalue weighted by Crippen LogP contribution is 2.35. The van der Waals surface area contributed by atoms with Crippen molar-refractivity contribution in [3.63, 3.8) is 0 Å². The van der Waals surface area contributed by atoms with Crippen molar-refractivity contribution in [1.29, 1.82) is 0 Å². The predicted molar refractivity (Wildman–Crippen MR) is 74.1 cm³/mol. The molecule has 1 aliphatic carbocycles. The lowest BCUT2D eigenvalue weighted by molar-refractivity contribution is 0.0657. The first-order valence-electron chi connectivity index (χ1n) is 6.24. The van der Waals surface area contributed by atoms with Gasteiger partial charge in [-0.2, -0.15) is 0 Å². The van der Waals surface area contributed by atoms with Crippen LogP contribution < -0.4 is 10.5 Å². The number of hydrogen-bond donors (Lipinski definition) is 2. The van der Waals surface area contributed by atoms with E-state index in [-0.39, 0.29) is 16.3 Å². The number of anilines is 1. The molecule has 1 fully saturated rings. The smallest absolute Gasteiger partial charge is 0.240 e. The molecule has 1 aromatic rings. The minimum absolute atomic E-state index is 0.0500. The average Bonchev–Trinajstić information content (AvgIpc) is 2.27. The number of nitrogen functional groups attached to an aromatic ring is 1. The Bertz CT molecular complexity index is 553. The molecule has 0 saturated heterocycles. The first-order valence-corrected chi connectivity index (χ1v) is 7.73. The minimum Gasteiger partial charge on any atom is -0.384 e. The Balaban J connectivity index is 2.10. The molecule has 3 N–H and O–H groups in total. The monoisotopic (exact) mass is 284 g/mol. The molecule has 106 valence electrons. The van der Waals surface area contributed by atoms with Crippen LogP contribution in [0, 0.1) is 0 Å². The van der Waals surface area contributed by atoms with E-state index in [9.17, 15) is 8.42 Å². The van der Waals surface area contributed by atoms with Crippen LogP contribution in [-0.4, -0.2) is 44.5 Å². The van der Waals surface area contributed by atoms with Crippen LogP contribution in [0.3, 0.4) is 0 Å². The molecule has 0 bridgehead atoms. The molecule has 0 spiro atoms. The van der Waals surface area contributed by atoms with Gasteiger partial charge < -0.3 is 10.6 Å². The largest absolute Gasteiger partial charge is 0.384 e. The molecule has 2 rings (SSSR count). The van der Waals surface area contributed by atoms with E-state index < -0.39 is 10.0 Å². The molecular weight excluding hydrogens is 264 g/mol. The quantitative estimate of drug-likeness (QED) is 0.818. The van der Waals surface area contributed by atoms with Gasteiger partial charge in [-0.1, -0.05) is 0 Å². The maximum atomic E-state index is 12.2. The fraction of sp³-hybridized carbons (Fsp3) is 0.583. The Labute approximate surface area is 114 Å². The third-order valence-electron chi connectivity index (χ3n) is 3.89. The molecule has 6 nitrogen and oxygen atoms in total. The van der Waals surface area contributed by atoms with Crippen molar-refractivity contribution in [3.05, 3.63) is 18.3 Å². The average molecular weight is 284 g/mol. The Morgan fingerprint density at radius 2 is 2.16 bits per heavy atom. The zero-order chi connectivity index (χ0) is 14.1. The van der Waals surface area contributed by atoms with Crippen molar-refractivity contribution in [3.8, 4) is 0 Å². The summed E-state index contributed by atoms with van der Waals surface area (Å²) in [5.41, 5.74) is 5.46. The summed E-state index contributed by atoms with van der Waals surface area (Å²) >= 11 is 0. The highest BCUT2D eigenvalue weighted by Gasteiger charge is 2.39. The van der Waals surface area contributed by atoms with Gasteiger partial charge in [0.25, 0.3) is 0 Å². The first kappa shape index (κ1) is 14.2. The molecule has 1 saturated carbocycles. The van der Waals surface area contributed by atoms with Gasteiger partial charge in [-0.25, -0.2) is 18.1 Å². The van der Waals surface area contributed by atoms with Crippen molar-refractivity contribution < 1.29 is 8.42 Å². The SMILES string of the molecule is CN(C)C1(CNS(=O)(=O)c2ccnc(N)c2)CCC1. The Hall–Kier alpha value is -1.18. The lowest BCUT2D eigenvalue weighted by Gasteiger charge is -2.47. The number of likely N-dealkylation sites (N-methyl/N-ethyl adjacent to an activating group) is 1. The van der Waals surface area contributed by atoms with E-state index in [1.165, 1.54) is 18.3 Å². The predicted octanol–water partition coefficient (Wildman–Crippen LogP) is 0.426. The Morgan fingerprint density at radius 3 is 2.63 bits per heavy atom. The van der Waals surface area contributed by atoms with E-state index in [1.807, 2.05) is 14.1 Å². The minimum atomic E-state index is -3.52. The van der Waals surface area contributed by atoms with Crippen molar-refractivity contribution in [2.24, 2.45) is 0 Å². The molecule has 0 aromatic carbocycles. The Morgan fingerprint density at radius 1 is 1.47 bits per heavy atom. The van der Waals surface area contributed by atoms with Crippen LogP contribution in [0.4, 0.5) is 5.82 Å². The van der Waals surface area contributed by atoms with Crippen LogP contribution in [0.25, 0.3) is 0 Å². The van der Waals surface area contributed by atoms with Gasteiger partial charge in [0.2, 0.25) is 10.0 Å². The van der Waals surface area contributed by atoms with Crippen LogP contribution in [0.5, 0.6) is 0 Å². The fourth-order valence-electron chi connectivity index (χ4n) is 2.27. The molecule has 0 unspecified atom stereocenters. The maximum absolute atomic E-state index is 12.2. The van der Waals surface area contributed by atoms with Crippen molar-refractivity contribution in [1.82, 2.24) is 14.6 Å². The molecule has 0 aliphatic heterocycles. The summed E-state index contributed by atoms with van der Waals surface area (Å²) < 4.78 is 27.0. The van der Waals surface area contributed by atoms with Crippen molar-refractivity contribution in [2.75, 3.05) is 26.4 Å². The summed E-state index contributed by atoms with van der Waals surface area (Å²) in [6.07, 6.45) is 4.57. The van der Waals surface area contributed by atoms with Crippen molar-refractivity contribution >= 4 is 15.8 Å². The maximum Gasteiger partial charge on any atom is 0.240 e. The summed E-state index contributed by atoms with van der Waals surface area (Å²) in [6.45, 7) is 0.421. The second-order valence-corrected chi connectivity index (χ2v) is 6.98. The summed E-state index contributed by atoms with van der Waals surface area (Å²) in [4.78, 5) is 6.05. The van der Waals surface area contributed by atoms with Crippen LogP contribution in [-0.2, 0) is 10.0 Å².